The van der Waals surface area contributed by atoms with Crippen molar-refractivity contribution in [2.45, 2.75) is 19.4 Å². The molecule has 9 heteroatoms. The predicted molar refractivity (Wildman–Crippen MR) is 115 cm³/mol. The van der Waals surface area contributed by atoms with E-state index in [1.807, 2.05) is 12.1 Å². The molecule has 0 aliphatic carbocycles. The van der Waals surface area contributed by atoms with Crippen LogP contribution >= 0.6 is 0 Å². The molecule has 31 heavy (non-hydrogen) atoms. The fraction of sp³-hybridized carbons (Fsp3) is 0.227. The fourth-order valence-corrected chi connectivity index (χ4v) is 3.77. The molecule has 5 rings (SSSR count). The van der Waals surface area contributed by atoms with Gasteiger partial charge in [-0.25, -0.2) is 9.78 Å². The van der Waals surface area contributed by atoms with Crippen LogP contribution in [0.3, 0.4) is 0 Å². The zero-order valence-corrected chi connectivity index (χ0v) is 17.1. The molecule has 0 aliphatic rings. The lowest BCUT2D eigenvalue weighted by Crippen LogP contribution is -2.37. The van der Waals surface area contributed by atoms with Crippen LogP contribution in [0.4, 0.5) is 0 Å². The highest BCUT2D eigenvalue weighted by Crippen LogP contribution is 2.18. The monoisotopic (exact) mass is 416 g/mol. The van der Waals surface area contributed by atoms with E-state index in [1.54, 1.807) is 17.9 Å². The second-order valence-corrected chi connectivity index (χ2v) is 7.51. The van der Waals surface area contributed by atoms with Gasteiger partial charge in [0.15, 0.2) is 11.2 Å². The zero-order chi connectivity index (χ0) is 21.5. The van der Waals surface area contributed by atoms with Gasteiger partial charge >= 0.3 is 5.69 Å². The van der Waals surface area contributed by atoms with Gasteiger partial charge in [-0.2, -0.15) is 0 Å². The van der Waals surface area contributed by atoms with Crippen molar-refractivity contribution >= 4 is 21.9 Å². The molecular weight excluding hydrogens is 396 g/mol. The molecule has 0 atom stereocenters. The lowest BCUT2D eigenvalue weighted by molar-refractivity contribution is 0.446. The van der Waals surface area contributed by atoms with Crippen LogP contribution in [0.15, 0.2) is 62.8 Å². The number of nitrogens with zero attached hydrogens (tertiary/aromatic N) is 6. The second kappa shape index (κ2) is 7.35. The van der Waals surface area contributed by atoms with Gasteiger partial charge < -0.3 is 8.98 Å². The third-order valence-corrected chi connectivity index (χ3v) is 5.46. The first-order chi connectivity index (χ1) is 15.0. The first-order valence-electron chi connectivity index (χ1n) is 9.91. The topological polar surface area (TPSA) is 101 Å². The van der Waals surface area contributed by atoms with Crippen LogP contribution in [-0.4, -0.2) is 28.9 Å². The summed E-state index contributed by atoms with van der Waals surface area (Å²) in [5, 5.41) is 10.7. The molecule has 0 unspecified atom stereocenters. The van der Waals surface area contributed by atoms with Crippen molar-refractivity contribution in [1.29, 1.82) is 0 Å². The molecular formula is C22H20N6O3. The Bertz CT molecular complexity index is 1540. The Kier molecular flexibility index (Phi) is 4.50. The molecule has 2 aromatic carbocycles. The first kappa shape index (κ1) is 19.0. The van der Waals surface area contributed by atoms with Crippen LogP contribution < -0.4 is 11.2 Å². The van der Waals surface area contributed by atoms with E-state index in [1.165, 1.54) is 22.4 Å². The van der Waals surface area contributed by atoms with E-state index in [0.717, 1.165) is 10.1 Å². The maximum atomic E-state index is 12.5. The summed E-state index contributed by atoms with van der Waals surface area (Å²) in [6.45, 7) is 0.432. The second-order valence-electron chi connectivity index (χ2n) is 7.51. The molecule has 3 aromatic heterocycles. The standard InChI is InChI=1S/C22H20N6O3/c1-26-20-19(21(29)27(2)22(26)30)28(13-23-20)10-9-17-24-25-18(31-17)12-14-7-8-15-5-3-4-6-16(15)11-14/h3-8,11,13H,9-10,12H2,1-2H3. The summed E-state index contributed by atoms with van der Waals surface area (Å²) >= 11 is 0. The minimum atomic E-state index is -0.405. The van der Waals surface area contributed by atoms with Gasteiger partial charge in [-0.1, -0.05) is 42.5 Å². The lowest BCUT2D eigenvalue weighted by atomic mass is 10.1. The molecule has 5 aromatic rings. The Labute approximate surface area is 176 Å². The maximum Gasteiger partial charge on any atom is 0.332 e. The summed E-state index contributed by atoms with van der Waals surface area (Å²) in [4.78, 5) is 28.8. The van der Waals surface area contributed by atoms with Gasteiger partial charge in [-0.3, -0.25) is 13.9 Å². The number of hydrogen-bond donors (Lipinski definition) is 0. The van der Waals surface area contributed by atoms with E-state index < -0.39 is 5.69 Å². The van der Waals surface area contributed by atoms with Crippen molar-refractivity contribution in [3.05, 3.63) is 87.0 Å². The molecule has 0 saturated heterocycles. The van der Waals surface area contributed by atoms with E-state index >= 15 is 0 Å². The number of benzene rings is 2. The normalized spacial score (nSPS) is 11.5. The van der Waals surface area contributed by atoms with Crippen molar-refractivity contribution in [3.63, 3.8) is 0 Å². The van der Waals surface area contributed by atoms with E-state index in [9.17, 15) is 9.59 Å². The highest BCUT2D eigenvalue weighted by Gasteiger charge is 2.15. The van der Waals surface area contributed by atoms with Gasteiger partial charge in [-0.15, -0.1) is 10.2 Å². The van der Waals surface area contributed by atoms with Crippen molar-refractivity contribution in [2.75, 3.05) is 0 Å². The third-order valence-electron chi connectivity index (χ3n) is 5.46. The SMILES string of the molecule is Cn1c(=O)c2c(ncn2CCc2nnc(Cc3ccc4ccccc4c3)o2)n(C)c1=O. The minimum Gasteiger partial charge on any atom is -0.425 e. The number of hydrogen-bond acceptors (Lipinski definition) is 6. The Morgan fingerprint density at radius 2 is 1.71 bits per heavy atom. The number of aromatic nitrogens is 6. The number of imidazole rings is 1. The summed E-state index contributed by atoms with van der Waals surface area (Å²) in [6.07, 6.45) is 2.55. The van der Waals surface area contributed by atoms with Crippen LogP contribution in [0.2, 0.25) is 0 Å². The fourth-order valence-electron chi connectivity index (χ4n) is 3.77. The molecule has 156 valence electrons. The number of aryl methyl sites for hydroxylation is 3. The molecule has 0 N–H and O–H groups in total. The van der Waals surface area contributed by atoms with E-state index in [-0.39, 0.29) is 5.56 Å². The lowest BCUT2D eigenvalue weighted by Gasteiger charge is -2.05. The molecule has 0 fully saturated rings. The van der Waals surface area contributed by atoms with Crippen LogP contribution in [0.25, 0.3) is 21.9 Å². The molecule has 0 aliphatic heterocycles. The molecule has 0 radical (unpaired) electrons. The van der Waals surface area contributed by atoms with E-state index in [4.69, 9.17) is 4.42 Å². The van der Waals surface area contributed by atoms with Gasteiger partial charge in [0.25, 0.3) is 5.56 Å². The van der Waals surface area contributed by atoms with Crippen molar-refractivity contribution in [2.24, 2.45) is 14.1 Å². The molecule has 3 heterocycles. The van der Waals surface area contributed by atoms with Gasteiger partial charge in [0.1, 0.15) is 0 Å². The Hall–Kier alpha value is -4.01. The summed E-state index contributed by atoms with van der Waals surface area (Å²) in [5.41, 5.74) is 1.05. The quantitative estimate of drug-likeness (QED) is 0.433. The molecule has 0 spiro atoms. The summed E-state index contributed by atoms with van der Waals surface area (Å²) in [7, 11) is 3.05. The molecule has 0 amide bonds. The summed E-state index contributed by atoms with van der Waals surface area (Å²) in [5.74, 6) is 1.03. The Morgan fingerprint density at radius 1 is 0.935 bits per heavy atom. The first-order valence-corrected chi connectivity index (χ1v) is 9.91. The molecule has 9 nitrogen and oxygen atoms in total. The average molecular weight is 416 g/mol. The molecule has 0 saturated carbocycles. The minimum absolute atomic E-state index is 0.357. The Balaban J connectivity index is 1.34. The third kappa shape index (κ3) is 3.33. The highest BCUT2D eigenvalue weighted by atomic mass is 16.4. The maximum absolute atomic E-state index is 12.5. The highest BCUT2D eigenvalue weighted by molar-refractivity contribution is 5.83. The van der Waals surface area contributed by atoms with Crippen LogP contribution in [0, 0.1) is 0 Å². The average Bonchev–Trinajstić information content (AvgIpc) is 3.41. The molecule has 0 bridgehead atoms. The van der Waals surface area contributed by atoms with Crippen LogP contribution in [0.1, 0.15) is 17.3 Å². The number of rotatable bonds is 5. The largest absolute Gasteiger partial charge is 0.425 e. The number of fused-ring (bicyclic) bond motifs is 2. The van der Waals surface area contributed by atoms with Gasteiger partial charge in [0.05, 0.1) is 12.7 Å². The van der Waals surface area contributed by atoms with Gasteiger partial charge in [-0.05, 0) is 16.3 Å². The van der Waals surface area contributed by atoms with Crippen molar-refractivity contribution in [3.8, 4) is 0 Å². The van der Waals surface area contributed by atoms with Crippen LogP contribution in [-0.2, 0) is 33.5 Å². The van der Waals surface area contributed by atoms with E-state index in [2.05, 4.69) is 45.5 Å². The Morgan fingerprint density at radius 3 is 2.55 bits per heavy atom. The van der Waals surface area contributed by atoms with Crippen molar-refractivity contribution < 1.29 is 4.42 Å². The van der Waals surface area contributed by atoms with Crippen molar-refractivity contribution in [1.82, 2.24) is 28.9 Å². The predicted octanol–water partition coefficient (Wildman–Crippen LogP) is 1.80. The van der Waals surface area contributed by atoms with E-state index in [0.29, 0.717) is 42.3 Å². The summed E-state index contributed by atoms with van der Waals surface area (Å²) in [6, 6.07) is 14.5. The van der Waals surface area contributed by atoms with Gasteiger partial charge in [0, 0.05) is 27.1 Å². The van der Waals surface area contributed by atoms with Gasteiger partial charge in [0.2, 0.25) is 11.8 Å². The zero-order valence-electron chi connectivity index (χ0n) is 17.1. The van der Waals surface area contributed by atoms with Crippen LogP contribution in [0.5, 0.6) is 0 Å². The smallest absolute Gasteiger partial charge is 0.332 e. The summed E-state index contributed by atoms with van der Waals surface area (Å²) < 4.78 is 9.97.